The van der Waals surface area contributed by atoms with E-state index >= 15 is 0 Å². The molecule has 0 rings (SSSR count). The first-order chi connectivity index (χ1) is 12.4. The maximum atomic E-state index is 12.7. The predicted molar refractivity (Wildman–Crippen MR) is 65.8 cm³/mol. The molecule has 0 fully saturated rings. The third kappa shape index (κ3) is 6.40. The van der Waals surface area contributed by atoms with E-state index in [9.17, 15) is 63.4 Å². The van der Waals surface area contributed by atoms with Gasteiger partial charge in [0.05, 0.1) is 12.0 Å². The lowest BCUT2D eigenvalue weighted by Gasteiger charge is -2.24. The molecule has 0 saturated heterocycles. The SMILES string of the molecule is O=C([O-])C(CCCCNC(=O)C(F)(F)C(F)(F)F)NC(=O)C(F)(F)C(F)(F)F. The van der Waals surface area contributed by atoms with Crippen molar-refractivity contribution in [3.05, 3.63) is 0 Å². The van der Waals surface area contributed by atoms with Crippen LogP contribution in [0.15, 0.2) is 0 Å². The molecule has 0 heterocycles. The maximum absolute atomic E-state index is 12.7. The number of alkyl halides is 10. The predicted octanol–water partition coefficient (Wildman–Crippen LogP) is 0.903. The fourth-order valence-electron chi connectivity index (χ4n) is 1.54. The molecule has 6 nitrogen and oxygen atoms in total. The van der Waals surface area contributed by atoms with Gasteiger partial charge in [-0.05, 0) is 19.3 Å². The summed E-state index contributed by atoms with van der Waals surface area (Å²) >= 11 is 0. The maximum Gasteiger partial charge on any atom is 0.463 e. The number of carbonyl (C=O) groups excluding carboxylic acids is 3. The van der Waals surface area contributed by atoms with Gasteiger partial charge in [0.1, 0.15) is 0 Å². The van der Waals surface area contributed by atoms with Crippen LogP contribution in [0.3, 0.4) is 0 Å². The number of unbranched alkanes of at least 4 members (excludes halogenated alkanes) is 1. The van der Waals surface area contributed by atoms with Crippen LogP contribution in [0.5, 0.6) is 0 Å². The molecule has 1 unspecified atom stereocenters. The lowest BCUT2D eigenvalue weighted by atomic mass is 10.1. The van der Waals surface area contributed by atoms with Gasteiger partial charge in [0, 0.05) is 6.54 Å². The van der Waals surface area contributed by atoms with Gasteiger partial charge in [-0.3, -0.25) is 9.59 Å². The average Bonchev–Trinajstić information content (AvgIpc) is 2.50. The second-order valence-corrected chi connectivity index (χ2v) is 5.24. The fraction of sp³-hybridized carbons (Fsp3) is 0.750. The molecule has 0 spiro atoms. The lowest BCUT2D eigenvalue weighted by Crippen LogP contribution is -2.56. The van der Waals surface area contributed by atoms with Crippen LogP contribution >= 0.6 is 0 Å². The first-order valence-electron chi connectivity index (χ1n) is 7.05. The summed E-state index contributed by atoms with van der Waals surface area (Å²) in [7, 11) is 0. The van der Waals surface area contributed by atoms with E-state index < -0.39 is 73.8 Å². The normalized spacial score (nSPS) is 14.4. The zero-order valence-corrected chi connectivity index (χ0v) is 13.3. The second kappa shape index (κ2) is 8.81. The van der Waals surface area contributed by atoms with E-state index in [0.29, 0.717) is 0 Å². The fourth-order valence-corrected chi connectivity index (χ4v) is 1.54. The van der Waals surface area contributed by atoms with E-state index in [1.165, 1.54) is 5.32 Å². The average molecular weight is 437 g/mol. The largest absolute Gasteiger partial charge is 0.548 e. The molecule has 0 aliphatic rings. The number of rotatable bonds is 9. The van der Waals surface area contributed by atoms with E-state index in [2.05, 4.69) is 0 Å². The van der Waals surface area contributed by atoms with Crippen LogP contribution in [0, 0.1) is 0 Å². The Labute approximate surface area is 149 Å². The summed E-state index contributed by atoms with van der Waals surface area (Å²) in [6.07, 6.45) is -14.3. The minimum Gasteiger partial charge on any atom is -0.548 e. The van der Waals surface area contributed by atoms with Gasteiger partial charge < -0.3 is 20.5 Å². The molecule has 0 aromatic carbocycles. The highest BCUT2D eigenvalue weighted by molar-refractivity contribution is 5.88. The first kappa shape index (κ1) is 25.7. The number of nitrogens with one attached hydrogen (secondary N) is 2. The van der Waals surface area contributed by atoms with Crippen LogP contribution in [0.1, 0.15) is 19.3 Å². The first-order valence-corrected chi connectivity index (χ1v) is 7.05. The Hall–Kier alpha value is -2.29. The van der Waals surface area contributed by atoms with Gasteiger partial charge in [0.2, 0.25) is 0 Å². The van der Waals surface area contributed by atoms with E-state index in [0.717, 1.165) is 5.32 Å². The molecule has 16 heteroatoms. The van der Waals surface area contributed by atoms with Crippen LogP contribution in [0.25, 0.3) is 0 Å². The Bertz CT molecular complexity index is 588. The smallest absolute Gasteiger partial charge is 0.463 e. The summed E-state index contributed by atoms with van der Waals surface area (Å²) in [5, 5.41) is 12.7. The zero-order valence-electron chi connectivity index (χ0n) is 13.3. The molecule has 1 atom stereocenters. The Morgan fingerprint density at radius 3 is 1.57 bits per heavy atom. The molecule has 2 amide bonds. The van der Waals surface area contributed by atoms with Crippen LogP contribution in [0.4, 0.5) is 43.9 Å². The van der Waals surface area contributed by atoms with Gasteiger partial charge in [-0.15, -0.1) is 0 Å². The van der Waals surface area contributed by atoms with Crippen molar-refractivity contribution in [1.82, 2.24) is 10.6 Å². The summed E-state index contributed by atoms with van der Waals surface area (Å²) in [5.41, 5.74) is 0. The monoisotopic (exact) mass is 437 g/mol. The summed E-state index contributed by atoms with van der Waals surface area (Å²) in [6.45, 7) is -0.836. The van der Waals surface area contributed by atoms with Crippen LogP contribution in [0.2, 0.25) is 0 Å². The highest BCUT2D eigenvalue weighted by Crippen LogP contribution is 2.36. The van der Waals surface area contributed by atoms with Gasteiger partial charge in [0.15, 0.2) is 0 Å². The molecular weight excluding hydrogens is 426 g/mol. The standard InChI is InChI=1S/C12H12F10N2O4/c13-9(14,11(17,18)19)7(27)23-4-2-1-3-5(6(25)26)24-8(28)10(15,16)12(20,21)22/h5H,1-4H2,(H,23,27)(H,24,28)(H,25,26)/p-1. The van der Waals surface area contributed by atoms with Crippen molar-refractivity contribution < 1.29 is 63.4 Å². The number of carbonyl (C=O) groups is 3. The van der Waals surface area contributed by atoms with Gasteiger partial charge in [-0.25, -0.2) is 0 Å². The molecule has 0 aromatic rings. The molecule has 164 valence electrons. The van der Waals surface area contributed by atoms with E-state index in [1.54, 1.807) is 0 Å². The zero-order chi connectivity index (χ0) is 22.6. The summed E-state index contributed by atoms with van der Waals surface area (Å²) in [6, 6.07) is -2.34. The van der Waals surface area contributed by atoms with Crippen molar-refractivity contribution >= 4 is 17.8 Å². The quantitative estimate of drug-likeness (QED) is 0.414. The highest BCUT2D eigenvalue weighted by atomic mass is 19.4. The molecule has 28 heavy (non-hydrogen) atoms. The minimum atomic E-state index is -6.30. The van der Waals surface area contributed by atoms with Gasteiger partial charge in [-0.2, -0.15) is 43.9 Å². The minimum absolute atomic E-state index is 0.477. The summed E-state index contributed by atoms with van der Waals surface area (Å²) in [5.74, 6) is -19.5. The number of carboxylic acid groups (broad SMARTS) is 1. The van der Waals surface area contributed by atoms with Crippen molar-refractivity contribution in [3.63, 3.8) is 0 Å². The molecule has 0 saturated carbocycles. The Kier molecular flexibility index (Phi) is 8.09. The number of carboxylic acids is 1. The molecule has 0 aliphatic carbocycles. The molecule has 0 aromatic heterocycles. The molecule has 0 bridgehead atoms. The highest BCUT2D eigenvalue weighted by Gasteiger charge is 2.64. The molecular formula is C12H11F10N2O4-. The van der Waals surface area contributed by atoms with Crippen molar-refractivity contribution in [2.75, 3.05) is 6.54 Å². The number of aliphatic carboxylic acids is 1. The van der Waals surface area contributed by atoms with Crippen molar-refractivity contribution in [1.29, 1.82) is 0 Å². The van der Waals surface area contributed by atoms with Crippen molar-refractivity contribution in [3.8, 4) is 0 Å². The Morgan fingerprint density at radius 2 is 1.18 bits per heavy atom. The van der Waals surface area contributed by atoms with E-state index in [-0.39, 0.29) is 0 Å². The summed E-state index contributed by atoms with van der Waals surface area (Å²) in [4.78, 5) is 32.3. The molecule has 0 aliphatic heterocycles. The number of hydrogen-bond acceptors (Lipinski definition) is 4. The van der Waals surface area contributed by atoms with Crippen molar-refractivity contribution in [2.45, 2.75) is 49.5 Å². The van der Waals surface area contributed by atoms with Gasteiger partial charge in [-0.1, -0.05) is 0 Å². The van der Waals surface area contributed by atoms with Crippen molar-refractivity contribution in [2.24, 2.45) is 0 Å². The topological polar surface area (TPSA) is 98.3 Å². The number of amides is 2. The second-order valence-electron chi connectivity index (χ2n) is 5.24. The van der Waals surface area contributed by atoms with Gasteiger partial charge in [0.25, 0.3) is 5.91 Å². The van der Waals surface area contributed by atoms with E-state index in [4.69, 9.17) is 0 Å². The van der Waals surface area contributed by atoms with E-state index in [1.807, 2.05) is 0 Å². The third-order valence-corrected chi connectivity index (χ3v) is 3.08. The van der Waals surface area contributed by atoms with Crippen LogP contribution < -0.4 is 15.7 Å². The summed E-state index contributed by atoms with van der Waals surface area (Å²) < 4.78 is 122. The number of hydrogen-bond donors (Lipinski definition) is 2. The molecule has 2 N–H and O–H groups in total. The van der Waals surface area contributed by atoms with Crippen LogP contribution in [-0.4, -0.2) is 54.6 Å². The lowest BCUT2D eigenvalue weighted by molar-refractivity contribution is -0.309. The van der Waals surface area contributed by atoms with Gasteiger partial charge >= 0.3 is 30.1 Å². The Balaban J connectivity index is 4.60. The molecule has 0 radical (unpaired) electrons. The van der Waals surface area contributed by atoms with Crippen LogP contribution in [-0.2, 0) is 14.4 Å². The third-order valence-electron chi connectivity index (χ3n) is 3.08. The number of halogens is 10. The Morgan fingerprint density at radius 1 is 0.750 bits per heavy atom.